The van der Waals surface area contributed by atoms with Crippen LogP contribution < -0.4 is 0 Å². The molecule has 2 aromatic carbocycles. The van der Waals surface area contributed by atoms with Crippen molar-refractivity contribution in [1.82, 2.24) is 0 Å². The Kier molecular flexibility index (Phi) is 18.4. The van der Waals surface area contributed by atoms with E-state index in [0.29, 0.717) is 17.4 Å². The normalized spacial score (nSPS) is 16.3. The van der Waals surface area contributed by atoms with Crippen LogP contribution in [0.5, 0.6) is 0 Å². The van der Waals surface area contributed by atoms with E-state index in [2.05, 4.69) is 87.7 Å². The maximum Gasteiger partial charge on any atom is 0.130 e. The average Bonchev–Trinajstić information content (AvgIpc) is 3.71. The van der Waals surface area contributed by atoms with Crippen LogP contribution in [0.15, 0.2) is 91.6 Å². The highest BCUT2D eigenvalue weighted by atomic mass is 19.1. The van der Waals surface area contributed by atoms with E-state index in [1.54, 1.807) is 6.07 Å². The molecule has 1 atom stereocenters. The van der Waals surface area contributed by atoms with Crippen molar-refractivity contribution >= 4 is 5.57 Å². The predicted octanol–water partition coefficient (Wildman–Crippen LogP) is 12.8. The molecule has 1 fully saturated rings. The second-order valence-electron chi connectivity index (χ2n) is 10.8. The molecule has 0 radical (unpaired) electrons. The van der Waals surface area contributed by atoms with Gasteiger partial charge in [0.2, 0.25) is 0 Å². The van der Waals surface area contributed by atoms with Crippen LogP contribution in [-0.4, -0.2) is 0 Å². The van der Waals surface area contributed by atoms with Crippen molar-refractivity contribution in [2.24, 2.45) is 5.92 Å². The molecular weight excluding hydrogens is 499 g/mol. The molecular formula is C40H57F. The van der Waals surface area contributed by atoms with Crippen LogP contribution in [0.3, 0.4) is 0 Å². The Hall–Kier alpha value is -2.93. The van der Waals surface area contributed by atoms with E-state index < -0.39 is 0 Å². The quantitative estimate of drug-likeness (QED) is 0.297. The van der Waals surface area contributed by atoms with E-state index in [9.17, 15) is 4.39 Å². The third-order valence-electron chi connectivity index (χ3n) is 7.27. The molecule has 0 aliphatic heterocycles. The zero-order valence-corrected chi connectivity index (χ0v) is 27.2. The van der Waals surface area contributed by atoms with E-state index >= 15 is 0 Å². The minimum absolute atomic E-state index is 0.0983. The molecule has 41 heavy (non-hydrogen) atoms. The summed E-state index contributed by atoms with van der Waals surface area (Å²) in [5.74, 6) is 1.27. The van der Waals surface area contributed by atoms with Crippen LogP contribution in [-0.2, 0) is 6.42 Å². The van der Waals surface area contributed by atoms with Gasteiger partial charge in [-0.1, -0.05) is 106 Å². The van der Waals surface area contributed by atoms with Crippen molar-refractivity contribution in [2.75, 3.05) is 0 Å². The Morgan fingerprint density at radius 3 is 2.00 bits per heavy atom. The van der Waals surface area contributed by atoms with Gasteiger partial charge in [-0.25, -0.2) is 4.39 Å². The Morgan fingerprint density at radius 2 is 1.54 bits per heavy atom. The predicted molar refractivity (Wildman–Crippen MR) is 183 cm³/mol. The van der Waals surface area contributed by atoms with Crippen LogP contribution in [0.4, 0.5) is 4.39 Å². The number of hydrogen-bond donors (Lipinski definition) is 0. The maximum atomic E-state index is 14.2. The zero-order chi connectivity index (χ0) is 30.6. The van der Waals surface area contributed by atoms with Gasteiger partial charge in [-0.05, 0) is 125 Å². The molecule has 224 valence electrons. The number of aryl methyl sites for hydroxylation is 3. The standard InChI is InChI=1S/C19H23F.C9H12.C8H10.2C2H6/c1-13(2)17-12-18(15-9-10-15)16(11-19(17)20)8-7-14-5-3-4-6-14;1-2-6-9-7-4-3-5-8-9;1-7-3-5-8(2)6-4-7;2*1-2/h3,5,11-12,14-15H,1,4,6-10H2,2H3;2,4,7-8H,1,3,5-6H2;3-6H,1-2H3;2*1-2H3. The summed E-state index contributed by atoms with van der Waals surface area (Å²) < 4.78 is 14.2. The second-order valence-corrected chi connectivity index (χ2v) is 10.8. The molecule has 3 aliphatic carbocycles. The average molecular weight is 557 g/mol. The van der Waals surface area contributed by atoms with Crippen molar-refractivity contribution in [1.29, 1.82) is 0 Å². The fourth-order valence-corrected chi connectivity index (χ4v) is 4.85. The lowest BCUT2D eigenvalue weighted by Crippen LogP contribution is -2.01. The first kappa shape index (κ1) is 36.1. The number of halogens is 1. The Bertz CT molecular complexity index is 1100. The highest BCUT2D eigenvalue weighted by Crippen LogP contribution is 2.43. The third kappa shape index (κ3) is 14.0. The molecule has 0 aromatic heterocycles. The summed E-state index contributed by atoms with van der Waals surface area (Å²) in [6.45, 7) is 21.7. The number of benzene rings is 2. The Morgan fingerprint density at radius 1 is 0.902 bits per heavy atom. The molecule has 0 nitrogen and oxygen atoms in total. The fraction of sp³-hybridized carbons (Fsp3) is 0.450. The molecule has 1 saturated carbocycles. The molecule has 0 bridgehead atoms. The summed E-state index contributed by atoms with van der Waals surface area (Å²) in [7, 11) is 0. The van der Waals surface area contributed by atoms with E-state index in [1.165, 1.54) is 66.4 Å². The van der Waals surface area contributed by atoms with Crippen molar-refractivity contribution < 1.29 is 4.39 Å². The summed E-state index contributed by atoms with van der Waals surface area (Å²) in [4.78, 5) is 0. The lowest BCUT2D eigenvalue weighted by Gasteiger charge is -2.14. The van der Waals surface area contributed by atoms with Gasteiger partial charge in [-0.15, -0.1) is 6.58 Å². The minimum Gasteiger partial charge on any atom is -0.206 e. The van der Waals surface area contributed by atoms with Gasteiger partial charge in [0, 0.05) is 5.56 Å². The molecule has 1 unspecified atom stereocenters. The largest absolute Gasteiger partial charge is 0.206 e. The first-order valence-corrected chi connectivity index (χ1v) is 16.0. The Balaban J connectivity index is 0.000000333. The van der Waals surface area contributed by atoms with Crippen molar-refractivity contribution in [3.63, 3.8) is 0 Å². The number of hydrogen-bond acceptors (Lipinski definition) is 0. The number of allylic oxidation sites excluding steroid dienone is 8. The molecule has 1 heteroatoms. The van der Waals surface area contributed by atoms with Gasteiger partial charge in [-0.3, -0.25) is 0 Å². The lowest BCUT2D eigenvalue weighted by molar-refractivity contribution is 0.572. The molecule has 0 N–H and O–H groups in total. The van der Waals surface area contributed by atoms with Gasteiger partial charge in [-0.2, -0.15) is 0 Å². The summed E-state index contributed by atoms with van der Waals surface area (Å²) in [6, 6.07) is 12.3. The van der Waals surface area contributed by atoms with Crippen molar-refractivity contribution in [3.05, 3.63) is 125 Å². The summed E-state index contributed by atoms with van der Waals surface area (Å²) in [5, 5.41) is 0. The molecule has 0 saturated heterocycles. The van der Waals surface area contributed by atoms with Gasteiger partial charge in [0.15, 0.2) is 0 Å². The first-order chi connectivity index (χ1) is 19.9. The van der Waals surface area contributed by atoms with Crippen LogP contribution in [0, 0.1) is 25.6 Å². The number of rotatable bonds is 7. The van der Waals surface area contributed by atoms with Crippen molar-refractivity contribution in [2.45, 2.75) is 112 Å². The van der Waals surface area contributed by atoms with Crippen molar-refractivity contribution in [3.8, 4) is 0 Å². The first-order valence-electron chi connectivity index (χ1n) is 16.0. The van der Waals surface area contributed by atoms with E-state index in [-0.39, 0.29) is 5.82 Å². The summed E-state index contributed by atoms with van der Waals surface area (Å²) >= 11 is 0. The molecule has 0 heterocycles. The summed E-state index contributed by atoms with van der Waals surface area (Å²) in [5.41, 5.74) is 8.22. The highest BCUT2D eigenvalue weighted by Gasteiger charge is 2.27. The maximum absolute atomic E-state index is 14.2. The zero-order valence-electron chi connectivity index (χ0n) is 27.2. The van der Waals surface area contributed by atoms with Gasteiger partial charge < -0.3 is 0 Å². The van der Waals surface area contributed by atoms with Gasteiger partial charge in [0.25, 0.3) is 0 Å². The highest BCUT2D eigenvalue weighted by molar-refractivity contribution is 5.63. The fourth-order valence-electron chi connectivity index (χ4n) is 4.85. The monoisotopic (exact) mass is 556 g/mol. The van der Waals surface area contributed by atoms with E-state index in [0.717, 1.165) is 24.8 Å². The molecule has 0 spiro atoms. The van der Waals surface area contributed by atoms with Crippen LogP contribution >= 0.6 is 0 Å². The lowest BCUT2D eigenvalue weighted by atomic mass is 9.91. The molecule has 3 aliphatic rings. The minimum atomic E-state index is -0.0983. The van der Waals surface area contributed by atoms with Gasteiger partial charge in [0.1, 0.15) is 5.82 Å². The van der Waals surface area contributed by atoms with Crippen LogP contribution in [0.2, 0.25) is 0 Å². The second kappa shape index (κ2) is 20.9. The van der Waals surface area contributed by atoms with Crippen LogP contribution in [0.25, 0.3) is 5.57 Å². The third-order valence-corrected chi connectivity index (χ3v) is 7.27. The van der Waals surface area contributed by atoms with E-state index in [1.807, 2.05) is 40.7 Å². The van der Waals surface area contributed by atoms with Gasteiger partial charge >= 0.3 is 0 Å². The Labute approximate surface area is 252 Å². The topological polar surface area (TPSA) is 0 Å². The molecule has 5 rings (SSSR count). The molecule has 2 aromatic rings. The smallest absolute Gasteiger partial charge is 0.130 e. The van der Waals surface area contributed by atoms with Crippen LogP contribution in [0.1, 0.15) is 120 Å². The summed E-state index contributed by atoms with van der Waals surface area (Å²) in [6.07, 6.45) is 23.8. The molecule has 0 amide bonds. The SMILES string of the molecule is C=C(C)c1cc(C2CC2)c(CCC2C=CCC2)cc1F.C=CCC1=CCCC=C1.CC.CC.Cc1ccc(C)cc1. The van der Waals surface area contributed by atoms with Gasteiger partial charge in [0.05, 0.1) is 0 Å². The van der Waals surface area contributed by atoms with E-state index in [4.69, 9.17) is 0 Å².